The van der Waals surface area contributed by atoms with Crippen molar-refractivity contribution in [3.8, 4) is 0 Å². The molecule has 3 aromatic carbocycles. The first-order chi connectivity index (χ1) is 14.2. The summed E-state index contributed by atoms with van der Waals surface area (Å²) in [6.45, 7) is 1.66. The van der Waals surface area contributed by atoms with Crippen LogP contribution in [0.4, 0.5) is 11.4 Å². The van der Waals surface area contributed by atoms with Crippen LogP contribution in [0.1, 0.15) is 0 Å². The van der Waals surface area contributed by atoms with Gasteiger partial charge in [-0.2, -0.15) is 0 Å². The normalized spacial score (nSPS) is 16.5. The average Bonchev–Trinajstić information content (AvgIpc) is 3.45. The fourth-order valence-electron chi connectivity index (χ4n) is 4.33. The summed E-state index contributed by atoms with van der Waals surface area (Å²) in [7, 11) is 4.18. The Kier molecular flexibility index (Phi) is 3.36. The lowest BCUT2D eigenvalue weighted by molar-refractivity contribution is 0.494. The first kappa shape index (κ1) is 16.4. The van der Waals surface area contributed by atoms with E-state index in [1.54, 1.807) is 0 Å². The van der Waals surface area contributed by atoms with Gasteiger partial charge in [0.1, 0.15) is 5.58 Å². The number of nitrogens with zero attached hydrogens (tertiary/aromatic N) is 4. The van der Waals surface area contributed by atoms with E-state index in [9.17, 15) is 0 Å². The van der Waals surface area contributed by atoms with E-state index < -0.39 is 0 Å². The van der Waals surface area contributed by atoms with Gasteiger partial charge < -0.3 is 24.0 Å². The van der Waals surface area contributed by atoms with E-state index in [4.69, 9.17) is 4.42 Å². The topological polar surface area (TPSA) is 26.1 Å². The summed E-state index contributed by atoms with van der Waals surface area (Å²) < 4.78 is 6.54. The second kappa shape index (κ2) is 5.95. The number of hydrogen-bond acceptors (Lipinski definition) is 5. The highest BCUT2D eigenvalue weighted by Gasteiger charge is 2.22. The Morgan fingerprint density at radius 2 is 1.45 bits per heavy atom. The summed E-state index contributed by atoms with van der Waals surface area (Å²) >= 11 is 0. The van der Waals surface area contributed by atoms with Gasteiger partial charge in [-0.1, -0.05) is 30.3 Å². The lowest BCUT2D eigenvalue weighted by Crippen LogP contribution is -2.23. The molecule has 0 amide bonds. The minimum atomic E-state index is 0.812. The summed E-state index contributed by atoms with van der Waals surface area (Å²) in [4.78, 5) is 8.86. The van der Waals surface area contributed by atoms with Crippen LogP contribution in [-0.4, -0.2) is 37.2 Å². The molecule has 1 aromatic heterocycles. The number of benzene rings is 3. The van der Waals surface area contributed by atoms with Crippen LogP contribution in [0, 0.1) is 0 Å². The quantitative estimate of drug-likeness (QED) is 0.481. The minimum Gasteiger partial charge on any atom is -0.453 e. The molecule has 4 aromatic rings. The van der Waals surface area contributed by atoms with Crippen LogP contribution in [0.5, 0.6) is 0 Å². The van der Waals surface area contributed by atoms with Gasteiger partial charge in [-0.05, 0) is 23.6 Å². The maximum atomic E-state index is 6.54. The summed E-state index contributed by atoms with van der Waals surface area (Å²) in [6.07, 6.45) is 8.46. The summed E-state index contributed by atoms with van der Waals surface area (Å²) in [6, 6.07) is 17.3. The third kappa shape index (κ3) is 2.47. The van der Waals surface area contributed by atoms with Crippen molar-refractivity contribution in [1.82, 2.24) is 9.80 Å². The Morgan fingerprint density at radius 3 is 2.21 bits per heavy atom. The number of fused-ring (bicyclic) bond motifs is 5. The van der Waals surface area contributed by atoms with Gasteiger partial charge in [-0.15, -0.1) is 0 Å². The third-order valence-corrected chi connectivity index (χ3v) is 5.82. The van der Waals surface area contributed by atoms with Crippen LogP contribution >= 0.6 is 0 Å². The van der Waals surface area contributed by atoms with Crippen LogP contribution in [0.3, 0.4) is 0 Å². The SMILES string of the molecule is CN1C=CN(c2cc(N3C=CN(C)C3)c3oc4c5ccccc5ccc4c3c2)C1. The standard InChI is InChI=1S/C24H22N4O/c1-25-9-11-27(15-25)18-13-21-20-8-7-17-5-3-4-6-19(17)23(20)29-24(21)22(14-18)28-12-10-26(2)16-28/h3-14H,15-16H2,1-2H3. The fourth-order valence-corrected chi connectivity index (χ4v) is 4.33. The van der Waals surface area contributed by atoms with E-state index in [0.29, 0.717) is 0 Å². The second-order valence-electron chi connectivity index (χ2n) is 7.94. The smallest absolute Gasteiger partial charge is 0.159 e. The monoisotopic (exact) mass is 382 g/mol. The van der Waals surface area contributed by atoms with E-state index in [1.807, 2.05) is 0 Å². The minimum absolute atomic E-state index is 0.812. The molecule has 0 saturated heterocycles. The molecule has 144 valence electrons. The molecule has 0 fully saturated rings. The molecule has 3 heterocycles. The largest absolute Gasteiger partial charge is 0.453 e. The molecule has 6 rings (SSSR count). The Morgan fingerprint density at radius 1 is 0.690 bits per heavy atom. The molecule has 0 radical (unpaired) electrons. The van der Waals surface area contributed by atoms with Gasteiger partial charge in [-0.3, -0.25) is 0 Å². The molecule has 0 aliphatic carbocycles. The van der Waals surface area contributed by atoms with E-state index in [-0.39, 0.29) is 0 Å². The Balaban J connectivity index is 1.65. The highest BCUT2D eigenvalue weighted by atomic mass is 16.3. The van der Waals surface area contributed by atoms with Crippen LogP contribution in [0.2, 0.25) is 0 Å². The maximum absolute atomic E-state index is 6.54. The fraction of sp³-hybridized carbons (Fsp3) is 0.167. The molecule has 5 nitrogen and oxygen atoms in total. The van der Waals surface area contributed by atoms with Gasteiger partial charge in [0.2, 0.25) is 0 Å². The van der Waals surface area contributed by atoms with Gasteiger partial charge in [0.05, 0.1) is 19.0 Å². The highest BCUT2D eigenvalue weighted by Crippen LogP contribution is 2.42. The lowest BCUT2D eigenvalue weighted by Gasteiger charge is -2.23. The van der Waals surface area contributed by atoms with Crippen molar-refractivity contribution in [2.45, 2.75) is 0 Å². The molecule has 29 heavy (non-hydrogen) atoms. The Hall–Kier alpha value is -3.60. The van der Waals surface area contributed by atoms with Crippen LogP contribution in [0.25, 0.3) is 32.7 Å². The van der Waals surface area contributed by atoms with Crippen LogP contribution < -0.4 is 9.80 Å². The predicted molar refractivity (Wildman–Crippen MR) is 120 cm³/mol. The molecule has 0 atom stereocenters. The van der Waals surface area contributed by atoms with Crippen molar-refractivity contribution < 1.29 is 4.42 Å². The Bertz CT molecular complexity index is 1320. The van der Waals surface area contributed by atoms with E-state index >= 15 is 0 Å². The van der Waals surface area contributed by atoms with Crippen LogP contribution in [-0.2, 0) is 0 Å². The first-order valence-corrected chi connectivity index (χ1v) is 9.86. The van der Waals surface area contributed by atoms with Crippen molar-refractivity contribution in [1.29, 1.82) is 0 Å². The Labute approximate surface area is 169 Å². The van der Waals surface area contributed by atoms with Crippen molar-refractivity contribution >= 4 is 44.1 Å². The zero-order valence-electron chi connectivity index (χ0n) is 16.5. The van der Waals surface area contributed by atoms with E-state index in [2.05, 4.69) is 107 Å². The molecule has 0 unspecified atom stereocenters. The molecule has 5 heteroatoms. The maximum Gasteiger partial charge on any atom is 0.159 e. The molecular weight excluding hydrogens is 360 g/mol. The highest BCUT2D eigenvalue weighted by molar-refractivity contribution is 6.17. The summed E-state index contributed by atoms with van der Waals surface area (Å²) in [5.41, 5.74) is 4.17. The average molecular weight is 382 g/mol. The molecule has 0 spiro atoms. The van der Waals surface area contributed by atoms with Gasteiger partial charge >= 0.3 is 0 Å². The molecule has 0 saturated carbocycles. The van der Waals surface area contributed by atoms with Crippen molar-refractivity contribution in [3.63, 3.8) is 0 Å². The van der Waals surface area contributed by atoms with Crippen LogP contribution in [0.15, 0.2) is 77.7 Å². The molecular formula is C24H22N4O. The summed E-state index contributed by atoms with van der Waals surface area (Å²) in [5, 5.41) is 4.67. The predicted octanol–water partition coefficient (Wildman–Crippen LogP) is 5.10. The molecule has 0 bridgehead atoms. The van der Waals surface area contributed by atoms with Gasteiger partial charge in [0, 0.05) is 60.7 Å². The molecule has 2 aliphatic rings. The van der Waals surface area contributed by atoms with Crippen molar-refractivity contribution in [2.75, 3.05) is 37.2 Å². The van der Waals surface area contributed by atoms with E-state index in [1.165, 1.54) is 11.1 Å². The van der Waals surface area contributed by atoms with E-state index in [0.717, 1.165) is 46.3 Å². The van der Waals surface area contributed by atoms with Crippen molar-refractivity contribution in [3.05, 3.63) is 73.3 Å². The van der Waals surface area contributed by atoms with Gasteiger partial charge in [0.25, 0.3) is 0 Å². The number of furan rings is 1. The number of anilines is 2. The zero-order chi connectivity index (χ0) is 19.5. The first-order valence-electron chi connectivity index (χ1n) is 9.86. The summed E-state index contributed by atoms with van der Waals surface area (Å²) in [5.74, 6) is 0. The van der Waals surface area contributed by atoms with Gasteiger partial charge in [-0.25, -0.2) is 0 Å². The number of rotatable bonds is 2. The zero-order valence-corrected chi connectivity index (χ0v) is 16.5. The van der Waals surface area contributed by atoms with Crippen molar-refractivity contribution in [2.24, 2.45) is 0 Å². The molecule has 0 N–H and O–H groups in total. The van der Waals surface area contributed by atoms with Gasteiger partial charge in [0.15, 0.2) is 5.58 Å². The third-order valence-electron chi connectivity index (χ3n) is 5.82. The number of hydrogen-bond donors (Lipinski definition) is 0. The second-order valence-corrected chi connectivity index (χ2v) is 7.94. The molecule has 2 aliphatic heterocycles. The lowest BCUT2D eigenvalue weighted by atomic mass is 10.1.